The maximum atomic E-state index is 15.2. The van der Waals surface area contributed by atoms with Crippen LogP contribution in [0.2, 0.25) is 5.02 Å². The molecule has 0 fully saturated rings. The van der Waals surface area contributed by atoms with E-state index in [0.29, 0.717) is 11.9 Å². The van der Waals surface area contributed by atoms with E-state index in [0.717, 1.165) is 16.7 Å². The van der Waals surface area contributed by atoms with Crippen LogP contribution in [0.15, 0.2) is 35.1 Å². The van der Waals surface area contributed by atoms with Crippen LogP contribution in [-0.4, -0.2) is 19.5 Å². The first kappa shape index (κ1) is 22.5. The lowest BCUT2D eigenvalue weighted by atomic mass is 9.83. The molecule has 3 heterocycles. The zero-order chi connectivity index (χ0) is 25.0. The van der Waals surface area contributed by atoms with Gasteiger partial charge in [-0.2, -0.15) is 15.2 Å². The highest BCUT2D eigenvalue weighted by Gasteiger charge is 2.39. The number of hydrogen-bond donors (Lipinski definition) is 3. The third kappa shape index (κ3) is 3.41. The molecule has 35 heavy (non-hydrogen) atoms. The van der Waals surface area contributed by atoms with Crippen molar-refractivity contribution in [2.75, 3.05) is 16.8 Å². The van der Waals surface area contributed by atoms with Crippen molar-refractivity contribution in [3.05, 3.63) is 74.3 Å². The van der Waals surface area contributed by atoms with Crippen molar-refractivity contribution in [1.82, 2.24) is 19.5 Å². The van der Waals surface area contributed by atoms with E-state index in [4.69, 9.17) is 23.1 Å². The minimum Gasteiger partial charge on any atom is -0.382 e. The van der Waals surface area contributed by atoms with Gasteiger partial charge >= 0.3 is 0 Å². The number of fused-ring (bicyclic) bond motifs is 4. The fraction of sp³-hybridized carbons (Fsp3) is 0.174. The lowest BCUT2D eigenvalue weighted by Gasteiger charge is -2.36. The van der Waals surface area contributed by atoms with Crippen molar-refractivity contribution in [2.45, 2.75) is 25.3 Å². The van der Waals surface area contributed by atoms with Gasteiger partial charge in [-0.05, 0) is 24.6 Å². The van der Waals surface area contributed by atoms with Gasteiger partial charge in [0, 0.05) is 17.5 Å². The summed E-state index contributed by atoms with van der Waals surface area (Å²) in [7, 11) is 0. The van der Waals surface area contributed by atoms with Crippen LogP contribution >= 0.6 is 11.6 Å². The van der Waals surface area contributed by atoms with Crippen molar-refractivity contribution >= 4 is 40.1 Å². The van der Waals surface area contributed by atoms with E-state index in [-0.39, 0.29) is 50.6 Å². The number of nitrogens with two attached hydrogens (primary N) is 2. The number of nitrogens with one attached hydrogen (secondary N) is 1. The maximum absolute atomic E-state index is 15.2. The monoisotopic (exact) mass is 494 g/mol. The van der Waals surface area contributed by atoms with E-state index >= 15 is 4.39 Å². The lowest BCUT2D eigenvalue weighted by Crippen LogP contribution is -2.37. The molecule has 0 unspecified atom stereocenters. The Kier molecular flexibility index (Phi) is 5.25. The molecule has 5 rings (SSSR count). The van der Waals surface area contributed by atoms with Gasteiger partial charge in [0.15, 0.2) is 5.82 Å². The average molecular weight is 495 g/mol. The molecule has 5 N–H and O–H groups in total. The van der Waals surface area contributed by atoms with Crippen molar-refractivity contribution < 1.29 is 8.78 Å². The predicted octanol–water partition coefficient (Wildman–Crippen LogP) is 3.80. The van der Waals surface area contributed by atoms with Crippen LogP contribution in [0.5, 0.6) is 0 Å². The Labute approximate surface area is 202 Å². The molecule has 0 amide bonds. The van der Waals surface area contributed by atoms with Crippen LogP contribution in [0.3, 0.4) is 0 Å². The van der Waals surface area contributed by atoms with Gasteiger partial charge in [-0.15, -0.1) is 0 Å². The first-order valence-corrected chi connectivity index (χ1v) is 10.9. The molecular weight excluding hydrogens is 478 g/mol. The Hall–Kier alpha value is -4.30. The van der Waals surface area contributed by atoms with E-state index in [2.05, 4.69) is 20.3 Å². The van der Waals surface area contributed by atoms with Crippen molar-refractivity contribution in [2.24, 2.45) is 0 Å². The molecular formula is C23H17ClF2N8O. The van der Waals surface area contributed by atoms with Gasteiger partial charge in [0.2, 0.25) is 5.95 Å². The second-order valence-electron chi connectivity index (χ2n) is 8.00. The Balaban J connectivity index is 1.86. The van der Waals surface area contributed by atoms with Gasteiger partial charge in [0.05, 0.1) is 27.7 Å². The van der Waals surface area contributed by atoms with Crippen LogP contribution in [0, 0.1) is 23.0 Å². The zero-order valence-electron chi connectivity index (χ0n) is 18.2. The molecule has 2 aromatic carbocycles. The summed E-state index contributed by atoms with van der Waals surface area (Å²) in [6.45, 7) is 1.81. The van der Waals surface area contributed by atoms with Crippen LogP contribution in [-0.2, 0) is 0 Å². The Morgan fingerprint density at radius 3 is 2.71 bits per heavy atom. The normalized spacial score (nSPS) is 16.4. The molecule has 176 valence electrons. The molecule has 0 saturated heterocycles. The van der Waals surface area contributed by atoms with E-state index in [1.807, 2.05) is 13.0 Å². The standard InChI is InChI=1S/C23H17ClF2N8O/c1-2-10-16-13(26)6-9(25)7-15(16)34-21(30-14-5-3-4-12(24)17(14)22(34)35)18(10)31-20-11(8-27)19(28)32-23(29)33-20/h3-7,10,18H,2H2,1H3,(H5,28,29,31,32,33)/t10-,18+/m0/s1. The molecule has 2 aromatic heterocycles. The number of nitrogen functional groups attached to an aromatic ring is 2. The third-order valence-corrected chi connectivity index (χ3v) is 6.35. The molecule has 12 heteroatoms. The van der Waals surface area contributed by atoms with Crippen LogP contribution in [0.25, 0.3) is 16.6 Å². The SMILES string of the molecule is CC[C@H]1c2c(F)cc(F)cc2-n2c(nc3cccc(Cl)c3c2=O)[C@@H]1Nc1nc(N)nc(N)c1C#N. The Bertz CT molecular complexity index is 1630. The topological polar surface area (TPSA) is 149 Å². The smallest absolute Gasteiger partial charge is 0.267 e. The summed E-state index contributed by atoms with van der Waals surface area (Å²) in [5, 5.41) is 12.9. The number of nitriles is 1. The maximum Gasteiger partial charge on any atom is 0.267 e. The van der Waals surface area contributed by atoms with E-state index in [9.17, 15) is 14.4 Å². The van der Waals surface area contributed by atoms with Crippen molar-refractivity contribution in [3.8, 4) is 11.8 Å². The summed E-state index contributed by atoms with van der Waals surface area (Å²) in [6.07, 6.45) is 0.370. The molecule has 1 aliphatic rings. The summed E-state index contributed by atoms with van der Waals surface area (Å²) in [4.78, 5) is 26.2. The first-order valence-electron chi connectivity index (χ1n) is 10.5. The van der Waals surface area contributed by atoms with Crippen LogP contribution < -0.4 is 22.3 Å². The van der Waals surface area contributed by atoms with Crippen molar-refractivity contribution in [1.29, 1.82) is 5.26 Å². The molecule has 9 nitrogen and oxygen atoms in total. The second-order valence-corrected chi connectivity index (χ2v) is 8.41. The fourth-order valence-electron chi connectivity index (χ4n) is 4.58. The molecule has 0 aliphatic carbocycles. The number of rotatable bonds is 3. The number of nitrogens with zero attached hydrogens (tertiary/aromatic N) is 5. The van der Waals surface area contributed by atoms with Crippen molar-refractivity contribution in [3.63, 3.8) is 0 Å². The predicted molar refractivity (Wildman–Crippen MR) is 127 cm³/mol. The molecule has 0 radical (unpaired) electrons. The lowest BCUT2D eigenvalue weighted by molar-refractivity contribution is 0.469. The summed E-state index contributed by atoms with van der Waals surface area (Å²) in [6, 6.07) is 7.70. The zero-order valence-corrected chi connectivity index (χ0v) is 18.9. The van der Waals surface area contributed by atoms with Gasteiger partial charge in [-0.1, -0.05) is 24.6 Å². The van der Waals surface area contributed by atoms with Gasteiger partial charge in [0.25, 0.3) is 5.56 Å². The first-order chi connectivity index (χ1) is 16.7. The fourth-order valence-corrected chi connectivity index (χ4v) is 4.83. The number of halogens is 3. The number of hydrogen-bond acceptors (Lipinski definition) is 8. The molecule has 1 aliphatic heterocycles. The molecule has 0 bridgehead atoms. The summed E-state index contributed by atoms with van der Waals surface area (Å²) < 4.78 is 30.7. The highest BCUT2D eigenvalue weighted by Crippen LogP contribution is 2.44. The second kappa shape index (κ2) is 8.18. The number of aromatic nitrogens is 4. The molecule has 0 saturated carbocycles. The van der Waals surface area contributed by atoms with Gasteiger partial charge in [-0.3, -0.25) is 9.36 Å². The van der Waals surface area contributed by atoms with E-state index in [1.165, 1.54) is 6.07 Å². The molecule has 0 spiro atoms. The summed E-state index contributed by atoms with van der Waals surface area (Å²) in [5.74, 6) is -2.46. The Morgan fingerprint density at radius 1 is 1.23 bits per heavy atom. The van der Waals surface area contributed by atoms with Gasteiger partial charge < -0.3 is 16.8 Å². The molecule has 4 aromatic rings. The summed E-state index contributed by atoms with van der Waals surface area (Å²) >= 11 is 6.29. The van der Waals surface area contributed by atoms with E-state index in [1.54, 1.807) is 12.1 Å². The highest BCUT2D eigenvalue weighted by atomic mass is 35.5. The largest absolute Gasteiger partial charge is 0.382 e. The summed E-state index contributed by atoms with van der Waals surface area (Å²) in [5.41, 5.74) is 11.4. The van der Waals surface area contributed by atoms with Crippen LogP contribution in [0.4, 0.5) is 26.4 Å². The third-order valence-electron chi connectivity index (χ3n) is 6.04. The molecule has 2 atom stereocenters. The minimum atomic E-state index is -0.871. The van der Waals surface area contributed by atoms with Crippen LogP contribution in [0.1, 0.15) is 42.3 Å². The number of benzene rings is 2. The average Bonchev–Trinajstić information content (AvgIpc) is 2.79. The highest BCUT2D eigenvalue weighted by molar-refractivity contribution is 6.35. The minimum absolute atomic E-state index is 0.00101. The Morgan fingerprint density at radius 2 is 2.00 bits per heavy atom. The number of anilines is 3. The van der Waals surface area contributed by atoms with E-state index < -0.39 is 29.2 Å². The van der Waals surface area contributed by atoms with Gasteiger partial charge in [0.1, 0.15) is 34.9 Å². The van der Waals surface area contributed by atoms with Gasteiger partial charge in [-0.25, -0.2) is 13.8 Å². The quantitative estimate of drug-likeness (QED) is 0.389.